The van der Waals surface area contributed by atoms with Gasteiger partial charge in [0.25, 0.3) is 5.56 Å². The first-order chi connectivity index (χ1) is 15.1. The van der Waals surface area contributed by atoms with Crippen LogP contribution in [0.25, 0.3) is 16.7 Å². The molecule has 2 aromatic heterocycles. The molecule has 1 aliphatic rings. The number of hydrogen-bond donors (Lipinski definition) is 1. The Balaban J connectivity index is 1.55. The van der Waals surface area contributed by atoms with E-state index in [1.54, 1.807) is 4.57 Å². The number of fused-ring (bicyclic) bond motifs is 3. The molecule has 1 unspecified atom stereocenters. The molecule has 0 spiro atoms. The van der Waals surface area contributed by atoms with Crippen LogP contribution in [0.5, 0.6) is 0 Å². The maximum Gasteiger partial charge on any atom is 0.262 e. The summed E-state index contributed by atoms with van der Waals surface area (Å²) >= 11 is 1.37. The van der Waals surface area contributed by atoms with Crippen molar-refractivity contribution in [1.82, 2.24) is 24.5 Å². The highest BCUT2D eigenvalue weighted by molar-refractivity contribution is 8.00. The molecule has 1 aliphatic carbocycles. The molecular weight excluding hydrogens is 410 g/mol. The lowest BCUT2D eigenvalue weighted by Crippen LogP contribution is -2.32. The first kappa shape index (κ1) is 21.6. The maximum atomic E-state index is 12.9. The first-order valence-corrected chi connectivity index (χ1v) is 12.0. The summed E-state index contributed by atoms with van der Waals surface area (Å²) in [5.41, 5.74) is 2.16. The molecule has 0 aliphatic heterocycles. The summed E-state index contributed by atoms with van der Waals surface area (Å²) in [5, 5.41) is 12.6. The lowest BCUT2D eigenvalue weighted by molar-refractivity contribution is -0.120. The normalized spacial score (nSPS) is 15.2. The summed E-state index contributed by atoms with van der Waals surface area (Å²) < 4.78 is 3.57. The van der Waals surface area contributed by atoms with Gasteiger partial charge in [0.1, 0.15) is 0 Å². The fraction of sp³-hybridized carbons (Fsp3) is 0.478. The van der Waals surface area contributed by atoms with Crippen molar-refractivity contribution in [3.8, 4) is 0 Å². The molecule has 8 heteroatoms. The van der Waals surface area contributed by atoms with E-state index in [0.29, 0.717) is 29.4 Å². The van der Waals surface area contributed by atoms with Crippen LogP contribution in [0, 0.1) is 0 Å². The van der Waals surface area contributed by atoms with E-state index < -0.39 is 0 Å². The molecular formula is C23H29N5O2S. The van der Waals surface area contributed by atoms with E-state index >= 15 is 0 Å². The molecule has 31 heavy (non-hydrogen) atoms. The highest BCUT2D eigenvalue weighted by Crippen LogP contribution is 2.25. The fourth-order valence-electron chi connectivity index (χ4n) is 4.07. The van der Waals surface area contributed by atoms with Crippen molar-refractivity contribution < 1.29 is 4.79 Å². The fourth-order valence-corrected chi connectivity index (χ4v) is 4.95. The van der Waals surface area contributed by atoms with Gasteiger partial charge in [0.05, 0.1) is 16.2 Å². The Morgan fingerprint density at radius 1 is 1.26 bits per heavy atom. The van der Waals surface area contributed by atoms with Gasteiger partial charge in [-0.25, -0.2) is 0 Å². The number of rotatable bonds is 8. The predicted molar refractivity (Wildman–Crippen MR) is 125 cm³/mol. The van der Waals surface area contributed by atoms with E-state index in [2.05, 4.69) is 21.6 Å². The molecule has 1 aromatic carbocycles. The monoisotopic (exact) mass is 439 g/mol. The number of benzene rings is 1. The standard InChI is InChI=1S/C23H29N5O2S/c1-3-15-27-21(30)18-11-7-8-12-19(18)28-22(27)25-26-23(28)31-16(2)20(29)24-14-13-17-9-5-4-6-10-17/h7-9,11-12,16H,3-6,10,13-15H2,1-2H3,(H,24,29). The van der Waals surface area contributed by atoms with Crippen LogP contribution < -0.4 is 10.9 Å². The Hall–Kier alpha value is -2.61. The van der Waals surface area contributed by atoms with E-state index in [4.69, 9.17) is 0 Å². The van der Waals surface area contributed by atoms with Gasteiger partial charge >= 0.3 is 0 Å². The van der Waals surface area contributed by atoms with Gasteiger partial charge in [-0.3, -0.25) is 18.6 Å². The molecule has 164 valence electrons. The molecule has 0 saturated carbocycles. The minimum absolute atomic E-state index is 0.00987. The number of hydrogen-bond acceptors (Lipinski definition) is 5. The van der Waals surface area contributed by atoms with Crippen molar-refractivity contribution in [1.29, 1.82) is 0 Å². The van der Waals surface area contributed by atoms with Crippen LogP contribution in [0.2, 0.25) is 0 Å². The molecule has 1 atom stereocenters. The van der Waals surface area contributed by atoms with Gasteiger partial charge in [-0.1, -0.05) is 42.5 Å². The summed E-state index contributed by atoms with van der Waals surface area (Å²) in [4.78, 5) is 25.6. The number of amides is 1. The quantitative estimate of drug-likeness (QED) is 0.425. The molecule has 3 aromatic rings. The average Bonchev–Trinajstić information content (AvgIpc) is 3.20. The zero-order valence-corrected chi connectivity index (χ0v) is 19.0. The first-order valence-electron chi connectivity index (χ1n) is 11.1. The summed E-state index contributed by atoms with van der Waals surface area (Å²) in [6.45, 7) is 5.14. The third-order valence-electron chi connectivity index (χ3n) is 5.71. The number of para-hydroxylation sites is 1. The maximum absolute atomic E-state index is 12.9. The number of aromatic nitrogens is 4. The van der Waals surface area contributed by atoms with Crippen LogP contribution in [-0.2, 0) is 11.3 Å². The van der Waals surface area contributed by atoms with Crippen molar-refractivity contribution in [2.24, 2.45) is 0 Å². The molecule has 7 nitrogen and oxygen atoms in total. The minimum Gasteiger partial charge on any atom is -0.355 e. The minimum atomic E-state index is -0.321. The molecule has 1 amide bonds. The number of allylic oxidation sites excluding steroid dienone is 1. The highest BCUT2D eigenvalue weighted by atomic mass is 32.2. The van der Waals surface area contributed by atoms with Gasteiger partial charge < -0.3 is 5.32 Å². The van der Waals surface area contributed by atoms with Crippen molar-refractivity contribution in [3.63, 3.8) is 0 Å². The highest BCUT2D eigenvalue weighted by Gasteiger charge is 2.21. The van der Waals surface area contributed by atoms with Crippen LogP contribution >= 0.6 is 11.8 Å². The van der Waals surface area contributed by atoms with Crippen LogP contribution in [-0.4, -0.2) is 36.9 Å². The van der Waals surface area contributed by atoms with E-state index in [9.17, 15) is 9.59 Å². The van der Waals surface area contributed by atoms with Gasteiger partial charge in [0.2, 0.25) is 11.7 Å². The van der Waals surface area contributed by atoms with Gasteiger partial charge in [-0.15, -0.1) is 10.2 Å². The van der Waals surface area contributed by atoms with Gasteiger partial charge in [-0.05, 0) is 57.6 Å². The SMILES string of the molecule is CCCn1c(=O)c2ccccc2n2c(SC(C)C(=O)NCCC3=CCCCC3)nnc12. The third kappa shape index (κ3) is 4.54. The summed E-state index contributed by atoms with van der Waals surface area (Å²) in [6, 6.07) is 7.49. The van der Waals surface area contributed by atoms with Crippen LogP contribution in [0.1, 0.15) is 52.4 Å². The third-order valence-corrected chi connectivity index (χ3v) is 6.75. The van der Waals surface area contributed by atoms with Crippen LogP contribution in [0.3, 0.4) is 0 Å². The Morgan fingerprint density at radius 3 is 2.87 bits per heavy atom. The molecule has 0 saturated heterocycles. The van der Waals surface area contributed by atoms with E-state index in [0.717, 1.165) is 31.2 Å². The second-order valence-corrected chi connectivity index (χ2v) is 9.31. The Labute approximate surface area is 185 Å². The lowest BCUT2D eigenvalue weighted by Gasteiger charge is -2.15. The lowest BCUT2D eigenvalue weighted by atomic mass is 9.97. The number of nitrogens with zero attached hydrogens (tertiary/aromatic N) is 4. The van der Waals surface area contributed by atoms with Crippen molar-refractivity contribution in [2.45, 2.75) is 69.3 Å². The average molecular weight is 440 g/mol. The smallest absolute Gasteiger partial charge is 0.262 e. The van der Waals surface area contributed by atoms with Crippen molar-refractivity contribution in [3.05, 3.63) is 46.3 Å². The molecule has 0 radical (unpaired) electrons. The summed E-state index contributed by atoms with van der Waals surface area (Å²) in [5.74, 6) is 0.509. The van der Waals surface area contributed by atoms with Crippen molar-refractivity contribution in [2.75, 3.05) is 6.54 Å². The summed E-state index contributed by atoms with van der Waals surface area (Å²) in [6.07, 6.45) is 8.89. The Morgan fingerprint density at radius 2 is 2.10 bits per heavy atom. The second-order valence-electron chi connectivity index (χ2n) is 8.00. The zero-order chi connectivity index (χ0) is 21.8. The van der Waals surface area contributed by atoms with Crippen molar-refractivity contribution >= 4 is 34.3 Å². The number of carbonyl (C=O) groups excluding carboxylic acids is 1. The van der Waals surface area contributed by atoms with Gasteiger partial charge in [0.15, 0.2) is 5.16 Å². The van der Waals surface area contributed by atoms with Gasteiger partial charge in [-0.2, -0.15) is 0 Å². The number of carbonyl (C=O) groups is 1. The van der Waals surface area contributed by atoms with Crippen LogP contribution in [0.15, 0.2) is 45.9 Å². The second kappa shape index (κ2) is 9.68. The van der Waals surface area contributed by atoms with E-state index in [1.807, 2.05) is 42.5 Å². The number of thioether (sulfide) groups is 1. The Kier molecular flexibility index (Phi) is 6.75. The number of aryl methyl sites for hydroxylation is 1. The summed E-state index contributed by atoms with van der Waals surface area (Å²) in [7, 11) is 0. The number of nitrogens with one attached hydrogen (secondary N) is 1. The van der Waals surface area contributed by atoms with E-state index in [1.165, 1.54) is 30.2 Å². The molecule has 0 fully saturated rings. The van der Waals surface area contributed by atoms with Gasteiger partial charge in [0, 0.05) is 13.1 Å². The Bertz CT molecular complexity index is 1180. The zero-order valence-electron chi connectivity index (χ0n) is 18.1. The van der Waals surface area contributed by atoms with E-state index in [-0.39, 0.29) is 16.7 Å². The topological polar surface area (TPSA) is 81.3 Å². The van der Waals surface area contributed by atoms with Crippen LogP contribution in [0.4, 0.5) is 0 Å². The molecule has 0 bridgehead atoms. The molecule has 4 rings (SSSR count). The largest absolute Gasteiger partial charge is 0.355 e. The molecule has 2 heterocycles. The molecule has 1 N–H and O–H groups in total. The predicted octanol–water partition coefficient (Wildman–Crippen LogP) is 3.94.